The lowest BCUT2D eigenvalue weighted by molar-refractivity contribution is -1.20. The molecule has 0 aromatic heterocycles. The summed E-state index contributed by atoms with van der Waals surface area (Å²) in [5.41, 5.74) is 0. The highest BCUT2D eigenvalue weighted by molar-refractivity contribution is 3.89. The first kappa shape index (κ1) is 5.84. The molecule has 1 N–H and O–H groups in total. The fourth-order valence-corrected chi connectivity index (χ4v) is 0. The molecule has 0 radical (unpaired) electrons. The molecule has 0 aliphatic carbocycles. The summed E-state index contributed by atoms with van der Waals surface area (Å²) in [5.74, 6) is 0. The first-order valence-electron chi connectivity index (χ1n) is 1.42. The van der Waals surface area contributed by atoms with Crippen molar-refractivity contribution in [3.63, 3.8) is 0 Å². The van der Waals surface area contributed by atoms with Crippen molar-refractivity contribution in [3.05, 3.63) is 5.21 Å². The Morgan fingerprint density at radius 3 is 2.00 bits per heavy atom. The van der Waals surface area contributed by atoms with E-state index in [0.29, 0.717) is 0 Å². The van der Waals surface area contributed by atoms with E-state index in [4.69, 9.17) is 5.21 Å². The quantitative estimate of drug-likeness (QED) is 0.363. The molecular formula is C2H7NO3. The van der Waals surface area contributed by atoms with Crippen LogP contribution in [-0.4, -0.2) is 24.3 Å². The van der Waals surface area contributed by atoms with E-state index in [1.807, 2.05) is 0 Å². The largest absolute Gasteiger partial charge is 0.565 e. The molecule has 0 aliphatic rings. The Bertz CT molecular complexity index is 38.5. The molecule has 0 saturated carbocycles. The van der Waals surface area contributed by atoms with Crippen LogP contribution in [0.1, 0.15) is 0 Å². The Kier molecular flexibility index (Phi) is 1.48. The average Bonchev–Trinajstić information content (AvgIpc) is 1.35. The number of rotatable bonds is 1. The third-order valence-corrected chi connectivity index (χ3v) is 0.339. The highest BCUT2D eigenvalue weighted by Gasteiger charge is 1.96. The monoisotopic (exact) mass is 93.0 g/mol. The van der Waals surface area contributed by atoms with E-state index < -0.39 is 4.97 Å². The number of quaternary nitrogens is 1. The van der Waals surface area contributed by atoms with Crippen molar-refractivity contribution in [1.82, 2.24) is 0 Å². The lowest BCUT2D eigenvalue weighted by Gasteiger charge is -2.21. The predicted octanol–water partition coefficient (Wildman–Crippen LogP) is -0.119. The van der Waals surface area contributed by atoms with Crippen molar-refractivity contribution in [3.8, 4) is 0 Å². The molecule has 0 fully saturated rings. The van der Waals surface area contributed by atoms with Gasteiger partial charge in [-0.25, -0.2) is 0 Å². The van der Waals surface area contributed by atoms with Gasteiger partial charge >= 0.3 is 0 Å². The van der Waals surface area contributed by atoms with Crippen molar-refractivity contribution in [2.45, 2.75) is 0 Å². The minimum atomic E-state index is -1.68. The summed E-state index contributed by atoms with van der Waals surface area (Å²) >= 11 is 0. The second-order valence-electron chi connectivity index (χ2n) is 0.986. The first-order valence-corrected chi connectivity index (χ1v) is 1.42. The van der Waals surface area contributed by atoms with Crippen LogP contribution in [0.3, 0.4) is 0 Å². The summed E-state index contributed by atoms with van der Waals surface area (Å²) in [4.78, 5) is 2.19. The predicted molar refractivity (Wildman–Crippen MR) is 18.3 cm³/mol. The molecule has 0 aliphatic heterocycles. The zero-order chi connectivity index (χ0) is 5.21. The molecule has 38 valence electrons. The van der Waals surface area contributed by atoms with Gasteiger partial charge in [-0.15, -0.1) is 0 Å². The van der Waals surface area contributed by atoms with Gasteiger partial charge in [-0.1, -0.05) is 4.97 Å². The third-order valence-electron chi connectivity index (χ3n) is 0.339. The molecule has 0 heterocycles. The van der Waals surface area contributed by atoms with E-state index in [-0.39, 0.29) is 0 Å². The fourth-order valence-electron chi connectivity index (χ4n) is 0. The Hall–Kier alpha value is -0.160. The SMILES string of the molecule is CO[N+](C)([O-])O. The first-order chi connectivity index (χ1) is 2.56. The minimum Gasteiger partial charge on any atom is -0.565 e. The minimum absolute atomic E-state index is 0.958. The second kappa shape index (κ2) is 1.53. The Morgan fingerprint density at radius 1 is 1.83 bits per heavy atom. The van der Waals surface area contributed by atoms with Crippen LogP contribution in [0.15, 0.2) is 0 Å². The molecule has 0 saturated heterocycles. The van der Waals surface area contributed by atoms with Crippen molar-refractivity contribution in [2.75, 3.05) is 14.2 Å². The van der Waals surface area contributed by atoms with Crippen LogP contribution < -0.4 is 0 Å². The zero-order valence-corrected chi connectivity index (χ0v) is 3.71. The molecule has 0 aromatic carbocycles. The van der Waals surface area contributed by atoms with Gasteiger partial charge in [0.15, 0.2) is 0 Å². The Labute approximate surface area is 35.6 Å². The molecule has 0 amide bonds. The van der Waals surface area contributed by atoms with E-state index in [2.05, 4.69) is 4.84 Å². The van der Waals surface area contributed by atoms with Gasteiger partial charge in [0.05, 0.1) is 7.11 Å². The van der Waals surface area contributed by atoms with Crippen molar-refractivity contribution < 1.29 is 15.0 Å². The topological polar surface area (TPSA) is 52.5 Å². The Morgan fingerprint density at radius 2 is 2.00 bits per heavy atom. The summed E-state index contributed by atoms with van der Waals surface area (Å²) in [7, 11) is 2.08. The molecule has 4 heteroatoms. The average molecular weight is 93.1 g/mol. The number of hydrogen-bond acceptors (Lipinski definition) is 3. The van der Waals surface area contributed by atoms with Crippen molar-refractivity contribution >= 4 is 0 Å². The molecule has 1 atom stereocenters. The number of hydroxylamine groups is 3. The van der Waals surface area contributed by atoms with Gasteiger partial charge in [-0.05, 0) is 0 Å². The molecule has 0 spiro atoms. The van der Waals surface area contributed by atoms with Gasteiger partial charge in [0.2, 0.25) is 0 Å². The van der Waals surface area contributed by atoms with Gasteiger partial charge < -0.3 is 5.21 Å². The van der Waals surface area contributed by atoms with E-state index in [1.54, 1.807) is 0 Å². The molecule has 0 bridgehead atoms. The maximum absolute atomic E-state index is 9.74. The van der Waals surface area contributed by atoms with Crippen LogP contribution in [0.2, 0.25) is 0 Å². The van der Waals surface area contributed by atoms with Gasteiger partial charge in [-0.3, -0.25) is 0 Å². The highest BCUT2D eigenvalue weighted by Crippen LogP contribution is 1.86. The number of nitrogens with zero attached hydrogens (tertiary/aromatic N) is 1. The van der Waals surface area contributed by atoms with E-state index in [9.17, 15) is 5.21 Å². The van der Waals surface area contributed by atoms with Crippen molar-refractivity contribution in [1.29, 1.82) is 0 Å². The smallest absolute Gasteiger partial charge is 0.132 e. The molecule has 1 unspecified atom stereocenters. The van der Waals surface area contributed by atoms with E-state index >= 15 is 0 Å². The van der Waals surface area contributed by atoms with Crippen LogP contribution in [0.5, 0.6) is 0 Å². The van der Waals surface area contributed by atoms with Crippen LogP contribution in [0, 0.1) is 5.21 Å². The Balaban J connectivity index is 3.17. The van der Waals surface area contributed by atoms with Gasteiger partial charge in [0.1, 0.15) is 7.05 Å². The summed E-state index contributed by atoms with van der Waals surface area (Å²) in [6.45, 7) is 0. The zero-order valence-electron chi connectivity index (χ0n) is 3.71. The fraction of sp³-hybridized carbons (Fsp3) is 1.00. The van der Waals surface area contributed by atoms with Crippen LogP contribution in [0.25, 0.3) is 0 Å². The van der Waals surface area contributed by atoms with E-state index in [0.717, 1.165) is 14.2 Å². The molecule has 0 aromatic rings. The normalized spacial score (nSPS) is 20.0. The summed E-state index contributed by atoms with van der Waals surface area (Å²) < 4.78 is 0. The molecular weight excluding hydrogens is 86.0 g/mol. The lowest BCUT2D eigenvalue weighted by Crippen LogP contribution is -2.30. The summed E-state index contributed by atoms with van der Waals surface area (Å²) in [5, 5.41) is 17.7. The van der Waals surface area contributed by atoms with Gasteiger partial charge in [0, 0.05) is 0 Å². The molecule has 6 heavy (non-hydrogen) atoms. The van der Waals surface area contributed by atoms with Gasteiger partial charge in [-0.2, -0.15) is 10.0 Å². The maximum atomic E-state index is 9.74. The highest BCUT2D eigenvalue weighted by atomic mass is 17.1. The van der Waals surface area contributed by atoms with E-state index in [1.165, 1.54) is 0 Å². The van der Waals surface area contributed by atoms with Crippen LogP contribution in [0.4, 0.5) is 0 Å². The maximum Gasteiger partial charge on any atom is 0.132 e. The van der Waals surface area contributed by atoms with Gasteiger partial charge in [0.25, 0.3) is 0 Å². The molecule has 4 nitrogen and oxygen atoms in total. The second-order valence-corrected chi connectivity index (χ2v) is 0.986. The number of hydrogen-bond donors (Lipinski definition) is 1. The van der Waals surface area contributed by atoms with Crippen molar-refractivity contribution in [2.24, 2.45) is 0 Å². The lowest BCUT2D eigenvalue weighted by atomic mass is 11.4. The molecule has 0 rings (SSSR count). The summed E-state index contributed by atoms with van der Waals surface area (Å²) in [6, 6.07) is 0. The third kappa shape index (κ3) is 3.84. The van der Waals surface area contributed by atoms with Crippen LogP contribution in [-0.2, 0) is 4.84 Å². The standard InChI is InChI=1S/C2H7NO3/c1-3(4,5)6-2/h4H,1-2H3. The van der Waals surface area contributed by atoms with Crippen LogP contribution >= 0.6 is 0 Å². The summed E-state index contributed by atoms with van der Waals surface area (Å²) in [6.07, 6.45) is 0.